The highest BCUT2D eigenvalue weighted by Crippen LogP contribution is 2.31. The topological polar surface area (TPSA) is 54.2 Å². The highest BCUT2D eigenvalue weighted by atomic mass is 79.9. The number of hydrogen-bond donors (Lipinski definition) is 1. The molecule has 0 fully saturated rings. The van der Waals surface area contributed by atoms with Crippen LogP contribution in [0.15, 0.2) is 4.60 Å². The van der Waals surface area contributed by atoms with Crippen LogP contribution in [0.1, 0.15) is 25.6 Å². The summed E-state index contributed by atoms with van der Waals surface area (Å²) in [4.78, 5) is 1.97. The van der Waals surface area contributed by atoms with Crippen LogP contribution in [0, 0.1) is 0 Å². The molecule has 1 aromatic heterocycles. The van der Waals surface area contributed by atoms with E-state index in [9.17, 15) is 5.11 Å². The number of halogens is 1. The second-order valence-electron chi connectivity index (χ2n) is 4.34. The molecule has 86 valence electrons. The highest BCUT2D eigenvalue weighted by molar-refractivity contribution is 9.10. The first-order chi connectivity index (χ1) is 6.78. The smallest absolute Gasteiger partial charge is 0.154 e. The third-order valence-electron chi connectivity index (χ3n) is 2.91. The van der Waals surface area contributed by atoms with Crippen molar-refractivity contribution in [2.45, 2.75) is 25.5 Å². The lowest BCUT2D eigenvalue weighted by Crippen LogP contribution is -2.44. The summed E-state index contributed by atoms with van der Waals surface area (Å²) in [7, 11) is 5.63. The third-order valence-corrected chi connectivity index (χ3v) is 3.47. The van der Waals surface area contributed by atoms with E-state index in [1.807, 2.05) is 32.8 Å². The Morgan fingerprint density at radius 3 is 2.33 bits per heavy atom. The van der Waals surface area contributed by atoms with Gasteiger partial charge in [0.2, 0.25) is 0 Å². The van der Waals surface area contributed by atoms with Gasteiger partial charge >= 0.3 is 0 Å². The first-order valence-electron chi connectivity index (χ1n) is 4.69. The molecule has 0 spiro atoms. The number of rotatable bonds is 3. The molecule has 1 aromatic rings. The summed E-state index contributed by atoms with van der Waals surface area (Å²) in [6, 6.07) is 0. The van der Waals surface area contributed by atoms with E-state index in [1.165, 1.54) is 0 Å². The van der Waals surface area contributed by atoms with Crippen LogP contribution in [0.2, 0.25) is 0 Å². The van der Waals surface area contributed by atoms with Crippen LogP contribution >= 0.6 is 15.9 Å². The van der Waals surface area contributed by atoms with Gasteiger partial charge in [0.05, 0.1) is 0 Å². The zero-order chi connectivity index (χ0) is 11.8. The molecule has 1 N–H and O–H groups in total. The predicted octanol–water partition coefficient (Wildman–Crippen LogP) is 0.951. The van der Waals surface area contributed by atoms with E-state index >= 15 is 0 Å². The lowest BCUT2D eigenvalue weighted by Gasteiger charge is -2.36. The monoisotopic (exact) mass is 276 g/mol. The summed E-state index contributed by atoms with van der Waals surface area (Å²) in [5.74, 6) is 0. The van der Waals surface area contributed by atoms with Gasteiger partial charge < -0.3 is 10.0 Å². The largest absolute Gasteiger partial charge is 0.385 e. The number of hydrogen-bond acceptors (Lipinski definition) is 4. The predicted molar refractivity (Wildman–Crippen MR) is 61.4 cm³/mol. The molecule has 0 amide bonds. The van der Waals surface area contributed by atoms with Gasteiger partial charge in [-0.25, -0.2) is 4.68 Å². The maximum Gasteiger partial charge on any atom is 0.154 e. The Labute approximate surface area is 98.2 Å². The van der Waals surface area contributed by atoms with E-state index in [0.29, 0.717) is 10.3 Å². The zero-order valence-electron chi connectivity index (χ0n) is 9.69. The summed E-state index contributed by atoms with van der Waals surface area (Å²) in [6.07, 6.45) is -0.651. The van der Waals surface area contributed by atoms with Crippen LogP contribution in [0.5, 0.6) is 0 Å². The molecular weight excluding hydrogens is 260 g/mol. The van der Waals surface area contributed by atoms with Crippen molar-refractivity contribution in [2.24, 2.45) is 7.05 Å². The lowest BCUT2D eigenvalue weighted by atomic mass is 9.94. The molecule has 1 unspecified atom stereocenters. The molecule has 0 aliphatic heterocycles. The van der Waals surface area contributed by atoms with E-state index in [0.717, 1.165) is 0 Å². The average molecular weight is 277 g/mol. The van der Waals surface area contributed by atoms with E-state index < -0.39 is 6.10 Å². The van der Waals surface area contributed by atoms with Crippen molar-refractivity contribution in [3.8, 4) is 0 Å². The van der Waals surface area contributed by atoms with Crippen LogP contribution in [0.3, 0.4) is 0 Å². The molecule has 1 rings (SSSR count). The standard InChI is InChI=1S/C9H17BrN4O/c1-9(2,13(3)4)7(15)6-8(10)11-12-14(6)5/h7,15H,1-5H3. The Hall–Kier alpha value is -0.460. The molecule has 0 bridgehead atoms. The van der Waals surface area contributed by atoms with Gasteiger partial charge in [0.15, 0.2) is 4.60 Å². The number of aryl methyl sites for hydroxylation is 1. The van der Waals surface area contributed by atoms with Crippen LogP contribution in [0.4, 0.5) is 0 Å². The molecule has 5 nitrogen and oxygen atoms in total. The lowest BCUT2D eigenvalue weighted by molar-refractivity contribution is 0.0108. The van der Waals surface area contributed by atoms with Gasteiger partial charge in [-0.15, -0.1) is 5.10 Å². The fourth-order valence-electron chi connectivity index (χ4n) is 1.21. The zero-order valence-corrected chi connectivity index (χ0v) is 11.3. The van der Waals surface area contributed by atoms with Crippen LogP contribution in [-0.4, -0.2) is 44.6 Å². The minimum atomic E-state index is -0.651. The van der Waals surface area contributed by atoms with Crippen molar-refractivity contribution in [1.82, 2.24) is 19.9 Å². The van der Waals surface area contributed by atoms with Gasteiger partial charge in [-0.05, 0) is 43.9 Å². The molecule has 0 radical (unpaired) electrons. The fourth-order valence-corrected chi connectivity index (χ4v) is 1.75. The van der Waals surface area contributed by atoms with Crippen LogP contribution in [-0.2, 0) is 7.05 Å². The first kappa shape index (κ1) is 12.6. The van der Waals surface area contributed by atoms with E-state index in [4.69, 9.17) is 0 Å². The minimum Gasteiger partial charge on any atom is -0.385 e. The summed E-state index contributed by atoms with van der Waals surface area (Å²) in [5.41, 5.74) is 0.312. The Balaban J connectivity index is 3.09. The first-order valence-corrected chi connectivity index (χ1v) is 5.48. The number of aliphatic hydroxyl groups excluding tert-OH is 1. The van der Waals surface area contributed by atoms with Gasteiger partial charge in [0.1, 0.15) is 11.8 Å². The van der Waals surface area contributed by atoms with Gasteiger partial charge in [0, 0.05) is 12.6 Å². The van der Waals surface area contributed by atoms with E-state index in [-0.39, 0.29) is 5.54 Å². The second kappa shape index (κ2) is 4.19. The molecule has 15 heavy (non-hydrogen) atoms. The molecule has 1 atom stereocenters. The van der Waals surface area contributed by atoms with Crippen molar-refractivity contribution in [3.05, 3.63) is 10.3 Å². The Morgan fingerprint density at radius 1 is 1.47 bits per heavy atom. The Morgan fingerprint density at radius 2 is 2.00 bits per heavy atom. The Bertz CT molecular complexity index is 328. The molecular formula is C9H17BrN4O. The maximum atomic E-state index is 10.3. The van der Waals surface area contributed by atoms with Gasteiger partial charge in [0.25, 0.3) is 0 Å². The fraction of sp³-hybridized carbons (Fsp3) is 0.778. The van der Waals surface area contributed by atoms with Crippen molar-refractivity contribution >= 4 is 15.9 Å². The number of aromatic nitrogens is 3. The third kappa shape index (κ3) is 2.21. The van der Waals surface area contributed by atoms with Crippen LogP contribution < -0.4 is 0 Å². The summed E-state index contributed by atoms with van der Waals surface area (Å²) in [5, 5.41) is 18.0. The molecule has 0 aromatic carbocycles. The minimum absolute atomic E-state index is 0.377. The Kier molecular flexibility index (Phi) is 3.52. The van der Waals surface area contributed by atoms with Gasteiger partial charge in [-0.3, -0.25) is 0 Å². The second-order valence-corrected chi connectivity index (χ2v) is 5.09. The van der Waals surface area contributed by atoms with Crippen molar-refractivity contribution in [2.75, 3.05) is 14.1 Å². The quantitative estimate of drug-likeness (QED) is 0.893. The number of likely N-dealkylation sites (N-methyl/N-ethyl adjacent to an activating group) is 1. The maximum absolute atomic E-state index is 10.3. The van der Waals surface area contributed by atoms with Gasteiger partial charge in [-0.1, -0.05) is 5.21 Å². The summed E-state index contributed by atoms with van der Waals surface area (Å²) >= 11 is 3.29. The molecule has 0 saturated heterocycles. The number of nitrogens with zero attached hydrogens (tertiary/aromatic N) is 4. The summed E-state index contributed by atoms with van der Waals surface area (Å²) < 4.78 is 2.17. The van der Waals surface area contributed by atoms with E-state index in [1.54, 1.807) is 11.7 Å². The average Bonchev–Trinajstić information content (AvgIpc) is 2.45. The molecule has 1 heterocycles. The number of aliphatic hydroxyl groups is 1. The van der Waals surface area contributed by atoms with Crippen LogP contribution in [0.25, 0.3) is 0 Å². The normalized spacial score (nSPS) is 14.7. The molecule has 6 heteroatoms. The molecule has 0 saturated carbocycles. The molecule has 0 aliphatic rings. The van der Waals surface area contributed by atoms with Crippen molar-refractivity contribution < 1.29 is 5.11 Å². The highest BCUT2D eigenvalue weighted by Gasteiger charge is 2.35. The van der Waals surface area contributed by atoms with Crippen molar-refractivity contribution in [3.63, 3.8) is 0 Å². The molecule has 0 aliphatic carbocycles. The summed E-state index contributed by atoms with van der Waals surface area (Å²) in [6.45, 7) is 3.94. The van der Waals surface area contributed by atoms with Crippen molar-refractivity contribution in [1.29, 1.82) is 0 Å². The van der Waals surface area contributed by atoms with Gasteiger partial charge in [-0.2, -0.15) is 0 Å². The van der Waals surface area contributed by atoms with E-state index in [2.05, 4.69) is 26.2 Å². The SMILES string of the molecule is CN(C)C(C)(C)C(O)c1c(Br)nnn1C.